The van der Waals surface area contributed by atoms with Crippen LogP contribution in [-0.4, -0.2) is 41.8 Å². The van der Waals surface area contributed by atoms with Gasteiger partial charge in [0.25, 0.3) is 0 Å². The second kappa shape index (κ2) is 5.29. The summed E-state index contributed by atoms with van der Waals surface area (Å²) in [7, 11) is 1.38. The number of benzene rings is 1. The van der Waals surface area contributed by atoms with Crippen LogP contribution in [0.15, 0.2) is 30.3 Å². The van der Waals surface area contributed by atoms with Crippen LogP contribution in [0.25, 0.3) is 0 Å². The van der Waals surface area contributed by atoms with Gasteiger partial charge in [-0.05, 0) is 5.56 Å². The first kappa shape index (κ1) is 12.1. The highest BCUT2D eigenvalue weighted by Gasteiger charge is 2.36. The Kier molecular flexibility index (Phi) is 3.76. The van der Waals surface area contributed by atoms with Gasteiger partial charge in [0.05, 0.1) is 13.2 Å². The molecule has 0 amide bonds. The third-order valence-electron chi connectivity index (χ3n) is 3.08. The summed E-state index contributed by atoms with van der Waals surface area (Å²) >= 11 is 0. The van der Waals surface area contributed by atoms with E-state index in [-0.39, 0.29) is 12.0 Å². The average molecular weight is 235 g/mol. The number of aliphatic hydroxyl groups is 1. The molecule has 1 heterocycles. The van der Waals surface area contributed by atoms with Crippen LogP contribution in [0.1, 0.15) is 12.0 Å². The first-order valence-electron chi connectivity index (χ1n) is 5.74. The van der Waals surface area contributed by atoms with Gasteiger partial charge in [-0.15, -0.1) is 0 Å². The number of rotatable bonds is 3. The lowest BCUT2D eigenvalue weighted by Gasteiger charge is -2.21. The number of hydrogen-bond acceptors (Lipinski definition) is 4. The second-order valence-electron chi connectivity index (χ2n) is 4.34. The van der Waals surface area contributed by atoms with Gasteiger partial charge in [0.1, 0.15) is 6.04 Å². The number of ether oxygens (including phenoxy) is 1. The third kappa shape index (κ3) is 2.84. The van der Waals surface area contributed by atoms with Gasteiger partial charge < -0.3 is 9.84 Å². The standard InChI is InChI=1S/C13H17NO3/c1-17-13(16)12-7-11(15)9-14(12)8-10-5-3-2-4-6-10/h2-6,11-12,15H,7-9H2,1H3/t11-,12?/m1/s1. The number of methoxy groups -OCH3 is 1. The largest absolute Gasteiger partial charge is 0.468 e. The van der Waals surface area contributed by atoms with Gasteiger partial charge in [-0.1, -0.05) is 30.3 Å². The van der Waals surface area contributed by atoms with Crippen LogP contribution in [0.4, 0.5) is 0 Å². The average Bonchev–Trinajstić information content (AvgIpc) is 2.70. The van der Waals surface area contributed by atoms with E-state index in [1.54, 1.807) is 0 Å². The molecule has 1 aliphatic rings. The monoisotopic (exact) mass is 235 g/mol. The van der Waals surface area contributed by atoms with Crippen molar-refractivity contribution in [2.45, 2.75) is 25.1 Å². The maximum atomic E-state index is 11.6. The van der Waals surface area contributed by atoms with Crippen LogP contribution in [-0.2, 0) is 16.1 Å². The molecule has 2 rings (SSSR count). The number of nitrogens with zero attached hydrogens (tertiary/aromatic N) is 1. The zero-order valence-electron chi connectivity index (χ0n) is 9.87. The lowest BCUT2D eigenvalue weighted by atomic mass is 10.2. The molecule has 0 spiro atoms. The van der Waals surface area contributed by atoms with Crippen molar-refractivity contribution in [3.63, 3.8) is 0 Å². The molecule has 0 saturated carbocycles. The van der Waals surface area contributed by atoms with Crippen LogP contribution >= 0.6 is 0 Å². The molecule has 4 nitrogen and oxygen atoms in total. The van der Waals surface area contributed by atoms with E-state index < -0.39 is 6.10 Å². The maximum Gasteiger partial charge on any atom is 0.323 e. The van der Waals surface area contributed by atoms with Crippen LogP contribution in [0.3, 0.4) is 0 Å². The normalized spacial score (nSPS) is 24.8. The van der Waals surface area contributed by atoms with Crippen molar-refractivity contribution >= 4 is 5.97 Å². The van der Waals surface area contributed by atoms with Crippen LogP contribution < -0.4 is 0 Å². The SMILES string of the molecule is COC(=O)C1C[C@@H](O)CN1Cc1ccccc1. The number of hydrogen-bond donors (Lipinski definition) is 1. The fourth-order valence-corrected chi connectivity index (χ4v) is 2.25. The predicted molar refractivity (Wildman–Crippen MR) is 63.3 cm³/mol. The first-order valence-corrected chi connectivity index (χ1v) is 5.74. The summed E-state index contributed by atoms with van der Waals surface area (Å²) in [5.74, 6) is -0.266. The van der Waals surface area contributed by atoms with E-state index >= 15 is 0 Å². The molecule has 1 aromatic rings. The van der Waals surface area contributed by atoms with E-state index in [4.69, 9.17) is 4.74 Å². The molecule has 1 saturated heterocycles. The molecule has 1 N–H and O–H groups in total. The zero-order chi connectivity index (χ0) is 12.3. The molecular formula is C13H17NO3. The summed E-state index contributed by atoms with van der Waals surface area (Å²) in [5.41, 5.74) is 1.13. The Bertz CT molecular complexity index is 380. The number of carbonyl (C=O) groups excluding carboxylic acids is 1. The summed E-state index contributed by atoms with van der Waals surface area (Å²) in [6, 6.07) is 9.59. The van der Waals surface area contributed by atoms with Gasteiger partial charge in [-0.25, -0.2) is 0 Å². The van der Waals surface area contributed by atoms with Gasteiger partial charge >= 0.3 is 5.97 Å². The fraction of sp³-hybridized carbons (Fsp3) is 0.462. The second-order valence-corrected chi connectivity index (χ2v) is 4.34. The molecule has 0 bridgehead atoms. The highest BCUT2D eigenvalue weighted by Crippen LogP contribution is 2.21. The summed E-state index contributed by atoms with van der Waals surface area (Å²) in [6.45, 7) is 1.19. The zero-order valence-corrected chi connectivity index (χ0v) is 9.87. The Labute approximate surface area is 101 Å². The third-order valence-corrected chi connectivity index (χ3v) is 3.08. The lowest BCUT2D eigenvalue weighted by molar-refractivity contribution is -0.146. The van der Waals surface area contributed by atoms with E-state index in [1.807, 2.05) is 35.2 Å². The van der Waals surface area contributed by atoms with Crippen LogP contribution in [0, 0.1) is 0 Å². The molecule has 1 unspecified atom stereocenters. The Morgan fingerprint density at radius 3 is 2.82 bits per heavy atom. The Hall–Kier alpha value is -1.39. The van der Waals surface area contributed by atoms with E-state index in [2.05, 4.69) is 0 Å². The topological polar surface area (TPSA) is 49.8 Å². The Morgan fingerprint density at radius 2 is 2.18 bits per heavy atom. The van der Waals surface area contributed by atoms with Gasteiger partial charge in [0, 0.05) is 19.5 Å². The number of carbonyl (C=O) groups is 1. The smallest absolute Gasteiger partial charge is 0.323 e. The van der Waals surface area contributed by atoms with Crippen molar-refractivity contribution in [2.75, 3.05) is 13.7 Å². The van der Waals surface area contributed by atoms with Crippen molar-refractivity contribution in [2.24, 2.45) is 0 Å². The molecule has 17 heavy (non-hydrogen) atoms. The summed E-state index contributed by atoms with van der Waals surface area (Å²) in [4.78, 5) is 13.5. The predicted octanol–water partition coefficient (Wildman–Crippen LogP) is 0.795. The molecule has 2 atom stereocenters. The summed E-state index contributed by atoms with van der Waals surface area (Å²) in [5, 5.41) is 9.64. The van der Waals surface area contributed by atoms with Crippen LogP contribution in [0.2, 0.25) is 0 Å². The molecule has 0 aromatic heterocycles. The van der Waals surface area contributed by atoms with E-state index in [0.29, 0.717) is 19.5 Å². The Morgan fingerprint density at radius 1 is 1.47 bits per heavy atom. The quantitative estimate of drug-likeness (QED) is 0.787. The summed E-state index contributed by atoms with van der Waals surface area (Å²) in [6.07, 6.45) is 0.0160. The van der Waals surface area contributed by atoms with E-state index in [1.165, 1.54) is 7.11 Å². The number of likely N-dealkylation sites (tertiary alicyclic amines) is 1. The van der Waals surface area contributed by atoms with E-state index in [9.17, 15) is 9.90 Å². The van der Waals surface area contributed by atoms with Gasteiger partial charge in [-0.2, -0.15) is 0 Å². The number of β-amino-alcohol motifs (C(OH)–C–C–N with tert-alkyl or cyclic N) is 1. The summed E-state index contributed by atoms with van der Waals surface area (Å²) < 4.78 is 4.76. The van der Waals surface area contributed by atoms with Crippen molar-refractivity contribution in [1.82, 2.24) is 4.90 Å². The molecule has 92 valence electrons. The van der Waals surface area contributed by atoms with Crippen molar-refractivity contribution in [3.05, 3.63) is 35.9 Å². The van der Waals surface area contributed by atoms with Gasteiger partial charge in [0.2, 0.25) is 0 Å². The highest BCUT2D eigenvalue weighted by molar-refractivity contribution is 5.76. The maximum absolute atomic E-state index is 11.6. The van der Waals surface area contributed by atoms with Crippen LogP contribution in [0.5, 0.6) is 0 Å². The molecule has 0 aliphatic carbocycles. The molecular weight excluding hydrogens is 218 g/mol. The van der Waals surface area contributed by atoms with Crippen molar-refractivity contribution in [3.8, 4) is 0 Å². The molecule has 1 aromatic carbocycles. The minimum Gasteiger partial charge on any atom is -0.468 e. The fourth-order valence-electron chi connectivity index (χ4n) is 2.25. The first-order chi connectivity index (χ1) is 8.20. The molecule has 4 heteroatoms. The van der Waals surface area contributed by atoms with Gasteiger partial charge in [0.15, 0.2) is 0 Å². The number of aliphatic hydroxyl groups excluding tert-OH is 1. The molecule has 1 fully saturated rings. The minimum absolute atomic E-state index is 0.266. The molecule has 1 aliphatic heterocycles. The Balaban J connectivity index is 2.06. The highest BCUT2D eigenvalue weighted by atomic mass is 16.5. The molecule has 0 radical (unpaired) electrons. The number of esters is 1. The minimum atomic E-state index is -0.442. The van der Waals surface area contributed by atoms with Crippen molar-refractivity contribution in [1.29, 1.82) is 0 Å². The van der Waals surface area contributed by atoms with Crippen molar-refractivity contribution < 1.29 is 14.6 Å². The lowest BCUT2D eigenvalue weighted by Crippen LogP contribution is -2.36. The van der Waals surface area contributed by atoms with E-state index in [0.717, 1.165) is 5.56 Å². The van der Waals surface area contributed by atoms with Gasteiger partial charge in [-0.3, -0.25) is 9.69 Å².